The van der Waals surface area contributed by atoms with Crippen molar-refractivity contribution in [3.05, 3.63) is 34.2 Å². The van der Waals surface area contributed by atoms with Crippen LogP contribution in [-0.2, 0) is 6.18 Å². The second-order valence-electron chi connectivity index (χ2n) is 4.85. The number of hydrogen-bond acceptors (Lipinski definition) is 4. The zero-order valence-corrected chi connectivity index (χ0v) is 11.0. The number of rotatable bonds is 1. The maximum absolute atomic E-state index is 13.0. The minimum absolute atomic E-state index is 0.0362. The van der Waals surface area contributed by atoms with E-state index in [1.54, 1.807) is 0 Å². The van der Waals surface area contributed by atoms with Crippen molar-refractivity contribution in [2.75, 3.05) is 31.1 Å². The second-order valence-corrected chi connectivity index (χ2v) is 4.85. The number of H-pyrrole nitrogens is 1. The van der Waals surface area contributed by atoms with Gasteiger partial charge in [0.05, 0.1) is 0 Å². The van der Waals surface area contributed by atoms with Crippen molar-refractivity contribution in [1.29, 1.82) is 0 Å². The summed E-state index contributed by atoms with van der Waals surface area (Å²) in [5.41, 5.74) is -1.05. The van der Waals surface area contributed by atoms with E-state index >= 15 is 0 Å². The van der Waals surface area contributed by atoms with Gasteiger partial charge in [-0.15, -0.1) is 0 Å². The summed E-state index contributed by atoms with van der Waals surface area (Å²) in [6.07, 6.45) is -4.55. The van der Waals surface area contributed by atoms with E-state index in [0.717, 1.165) is 6.07 Å². The highest BCUT2D eigenvalue weighted by Crippen LogP contribution is 2.33. The van der Waals surface area contributed by atoms with Crippen LogP contribution in [0, 0.1) is 0 Å². The van der Waals surface area contributed by atoms with Crippen LogP contribution in [0.15, 0.2) is 23.0 Å². The molecule has 8 heteroatoms. The zero-order chi connectivity index (χ0) is 15.0. The van der Waals surface area contributed by atoms with Crippen LogP contribution in [0.3, 0.4) is 0 Å². The van der Waals surface area contributed by atoms with Crippen LogP contribution in [0.5, 0.6) is 0 Å². The van der Waals surface area contributed by atoms with Crippen LogP contribution < -0.4 is 15.8 Å². The minimum Gasteiger partial charge on any atom is -0.368 e. The molecule has 21 heavy (non-hydrogen) atoms. The molecule has 3 rings (SSSR count). The van der Waals surface area contributed by atoms with Crippen LogP contribution in [-0.4, -0.2) is 36.1 Å². The van der Waals surface area contributed by atoms with E-state index in [-0.39, 0.29) is 5.65 Å². The molecule has 1 aliphatic rings. The van der Waals surface area contributed by atoms with Gasteiger partial charge in [-0.2, -0.15) is 13.2 Å². The van der Waals surface area contributed by atoms with E-state index < -0.39 is 17.4 Å². The van der Waals surface area contributed by atoms with E-state index in [4.69, 9.17) is 0 Å². The van der Waals surface area contributed by atoms with Gasteiger partial charge in [-0.25, -0.2) is 4.98 Å². The lowest BCUT2D eigenvalue weighted by molar-refractivity contribution is -0.140. The first kappa shape index (κ1) is 13.9. The highest BCUT2D eigenvalue weighted by Gasteiger charge is 2.34. The number of hydrogen-bond donors (Lipinski definition) is 2. The standard InChI is InChI=1S/C13H13F3N4O/c14-13(15,16)10-7-9(20-5-3-17-4-6-20)8-1-2-11(21)19-12(8)18-10/h1-2,7,17H,3-6H2,(H,18,19,21). The minimum atomic E-state index is -4.55. The molecule has 0 atom stereocenters. The third-order valence-corrected chi connectivity index (χ3v) is 3.43. The van der Waals surface area contributed by atoms with Gasteiger partial charge < -0.3 is 15.2 Å². The van der Waals surface area contributed by atoms with Gasteiger partial charge in [0.25, 0.3) is 0 Å². The largest absolute Gasteiger partial charge is 0.433 e. The average molecular weight is 298 g/mol. The van der Waals surface area contributed by atoms with Crippen LogP contribution in [0.25, 0.3) is 11.0 Å². The molecule has 0 bridgehead atoms. The number of aromatic amines is 1. The molecule has 0 aliphatic carbocycles. The first-order valence-electron chi connectivity index (χ1n) is 6.52. The third-order valence-electron chi connectivity index (χ3n) is 3.43. The van der Waals surface area contributed by atoms with Gasteiger partial charge in [0.2, 0.25) is 5.56 Å². The van der Waals surface area contributed by atoms with Crippen LogP contribution in [0.4, 0.5) is 18.9 Å². The monoisotopic (exact) mass is 298 g/mol. The molecule has 0 amide bonds. The van der Waals surface area contributed by atoms with Gasteiger partial charge >= 0.3 is 6.18 Å². The van der Waals surface area contributed by atoms with E-state index in [1.807, 2.05) is 4.90 Å². The Bertz CT molecular complexity index is 719. The molecule has 0 aromatic carbocycles. The Morgan fingerprint density at radius 1 is 1.19 bits per heavy atom. The Kier molecular flexibility index (Phi) is 3.32. The van der Waals surface area contributed by atoms with Gasteiger partial charge in [0.1, 0.15) is 11.3 Å². The predicted octanol–water partition coefficient (Wildman–Crippen LogP) is 1.35. The van der Waals surface area contributed by atoms with Crippen molar-refractivity contribution in [3.63, 3.8) is 0 Å². The Morgan fingerprint density at radius 2 is 1.90 bits per heavy atom. The van der Waals surface area contributed by atoms with Crippen LogP contribution in [0.2, 0.25) is 0 Å². The molecular weight excluding hydrogens is 285 g/mol. The maximum atomic E-state index is 13.0. The number of pyridine rings is 2. The first-order valence-corrected chi connectivity index (χ1v) is 6.52. The summed E-state index contributed by atoms with van der Waals surface area (Å²) < 4.78 is 38.9. The van der Waals surface area contributed by atoms with E-state index in [9.17, 15) is 18.0 Å². The van der Waals surface area contributed by atoms with E-state index in [2.05, 4.69) is 15.3 Å². The molecular formula is C13H13F3N4O. The molecule has 0 saturated carbocycles. The SMILES string of the molecule is O=c1ccc2c(N3CCNCC3)cc(C(F)(F)F)nc2[nH]1. The Balaban J connectivity index is 2.22. The molecule has 2 aromatic rings. The van der Waals surface area contributed by atoms with Crippen molar-refractivity contribution < 1.29 is 13.2 Å². The molecule has 0 spiro atoms. The second kappa shape index (κ2) is 5.03. The fourth-order valence-corrected chi connectivity index (χ4v) is 2.43. The maximum Gasteiger partial charge on any atom is 0.433 e. The molecule has 1 saturated heterocycles. The Labute approximate surface area is 117 Å². The number of anilines is 1. The zero-order valence-electron chi connectivity index (χ0n) is 11.0. The molecule has 112 valence electrons. The lowest BCUT2D eigenvalue weighted by Crippen LogP contribution is -2.43. The summed E-state index contributed by atoms with van der Waals surface area (Å²) in [4.78, 5) is 19.1. The quantitative estimate of drug-likeness (QED) is 0.834. The smallest absolute Gasteiger partial charge is 0.368 e. The lowest BCUT2D eigenvalue weighted by atomic mass is 10.1. The van der Waals surface area contributed by atoms with Gasteiger partial charge in [-0.3, -0.25) is 4.79 Å². The van der Waals surface area contributed by atoms with Crippen LogP contribution in [0.1, 0.15) is 5.69 Å². The van der Waals surface area contributed by atoms with Crippen molar-refractivity contribution >= 4 is 16.7 Å². The fraction of sp³-hybridized carbons (Fsp3) is 0.385. The highest BCUT2D eigenvalue weighted by atomic mass is 19.4. The molecule has 3 heterocycles. The molecule has 1 fully saturated rings. The molecule has 0 unspecified atom stereocenters. The van der Waals surface area contributed by atoms with Gasteiger partial charge in [-0.05, 0) is 12.1 Å². The third kappa shape index (κ3) is 2.71. The summed E-state index contributed by atoms with van der Waals surface area (Å²) in [7, 11) is 0. The van der Waals surface area contributed by atoms with Gasteiger partial charge in [0.15, 0.2) is 0 Å². The Hall–Kier alpha value is -2.09. The molecule has 2 N–H and O–H groups in total. The van der Waals surface area contributed by atoms with Crippen molar-refractivity contribution in [1.82, 2.24) is 15.3 Å². The summed E-state index contributed by atoms with van der Waals surface area (Å²) in [6.45, 7) is 2.62. The topological polar surface area (TPSA) is 61.0 Å². The number of nitrogens with one attached hydrogen (secondary N) is 2. The summed E-state index contributed by atoms with van der Waals surface area (Å²) in [5, 5.41) is 3.67. The number of aromatic nitrogens is 2. The number of halogens is 3. The summed E-state index contributed by atoms with van der Waals surface area (Å²) >= 11 is 0. The van der Waals surface area contributed by atoms with Crippen molar-refractivity contribution in [2.24, 2.45) is 0 Å². The van der Waals surface area contributed by atoms with Gasteiger partial charge in [0, 0.05) is 43.3 Å². The van der Waals surface area contributed by atoms with Crippen molar-refractivity contribution in [3.8, 4) is 0 Å². The first-order chi connectivity index (χ1) is 9.95. The molecule has 0 radical (unpaired) electrons. The molecule has 1 aliphatic heterocycles. The normalized spacial score (nSPS) is 16.4. The van der Waals surface area contributed by atoms with E-state index in [1.165, 1.54) is 12.1 Å². The number of nitrogens with zero attached hydrogens (tertiary/aromatic N) is 2. The van der Waals surface area contributed by atoms with E-state index in [0.29, 0.717) is 37.3 Å². The summed E-state index contributed by atoms with van der Waals surface area (Å²) in [6, 6.07) is 3.85. The fourth-order valence-electron chi connectivity index (χ4n) is 2.43. The predicted molar refractivity (Wildman–Crippen MR) is 72.4 cm³/mol. The number of fused-ring (bicyclic) bond motifs is 1. The number of piperazine rings is 1. The summed E-state index contributed by atoms with van der Waals surface area (Å²) in [5.74, 6) is 0. The Morgan fingerprint density at radius 3 is 2.57 bits per heavy atom. The average Bonchev–Trinajstić information content (AvgIpc) is 2.45. The molecule has 2 aromatic heterocycles. The van der Waals surface area contributed by atoms with Crippen LogP contribution >= 0.6 is 0 Å². The molecule has 5 nitrogen and oxygen atoms in total. The van der Waals surface area contributed by atoms with Gasteiger partial charge in [-0.1, -0.05) is 0 Å². The lowest BCUT2D eigenvalue weighted by Gasteiger charge is -2.30. The number of alkyl halides is 3. The highest BCUT2D eigenvalue weighted by molar-refractivity contribution is 5.89. The van der Waals surface area contributed by atoms with Crippen molar-refractivity contribution in [2.45, 2.75) is 6.18 Å².